The van der Waals surface area contributed by atoms with Crippen LogP contribution in [0, 0.1) is 11.3 Å². The SMILES string of the molecule is CC(C)NC(=O)C(Br)C#N. The Balaban J connectivity index is 3.76. The third kappa shape index (κ3) is 3.46. The third-order valence-electron chi connectivity index (χ3n) is 0.774. The fourth-order valence-corrected chi connectivity index (χ4v) is 0.548. The molecule has 0 spiro atoms. The van der Waals surface area contributed by atoms with Gasteiger partial charge in [0.05, 0.1) is 6.07 Å². The Bertz CT molecular complexity index is 162. The molecule has 0 aliphatic rings. The van der Waals surface area contributed by atoms with E-state index in [1.165, 1.54) is 0 Å². The number of nitriles is 1. The van der Waals surface area contributed by atoms with E-state index in [1.54, 1.807) is 6.07 Å². The second kappa shape index (κ2) is 4.29. The van der Waals surface area contributed by atoms with E-state index in [9.17, 15) is 4.79 Å². The van der Waals surface area contributed by atoms with Crippen LogP contribution >= 0.6 is 15.9 Å². The number of carbonyl (C=O) groups is 1. The number of nitrogens with one attached hydrogen (secondary N) is 1. The standard InChI is InChI=1S/C6H9BrN2O/c1-4(2)9-6(10)5(7)3-8/h4-5H,1-2H3,(H,9,10). The average molecular weight is 205 g/mol. The van der Waals surface area contributed by atoms with Crippen molar-refractivity contribution in [1.29, 1.82) is 5.26 Å². The largest absolute Gasteiger partial charge is 0.352 e. The quantitative estimate of drug-likeness (QED) is 0.677. The zero-order chi connectivity index (χ0) is 8.15. The van der Waals surface area contributed by atoms with Crippen LogP contribution in [0.15, 0.2) is 0 Å². The van der Waals surface area contributed by atoms with Gasteiger partial charge in [0.1, 0.15) is 0 Å². The monoisotopic (exact) mass is 204 g/mol. The van der Waals surface area contributed by atoms with Crippen molar-refractivity contribution >= 4 is 21.8 Å². The lowest BCUT2D eigenvalue weighted by Gasteiger charge is -2.07. The first-order chi connectivity index (χ1) is 4.57. The normalized spacial score (nSPS) is 12.3. The van der Waals surface area contributed by atoms with Crippen LogP contribution in [0.2, 0.25) is 0 Å². The van der Waals surface area contributed by atoms with Gasteiger partial charge in [-0.1, -0.05) is 15.9 Å². The summed E-state index contributed by atoms with van der Waals surface area (Å²) < 4.78 is 0. The molecular weight excluding hydrogens is 196 g/mol. The van der Waals surface area contributed by atoms with E-state index in [0.717, 1.165) is 0 Å². The average Bonchev–Trinajstić information content (AvgIpc) is 1.85. The molecule has 10 heavy (non-hydrogen) atoms. The number of halogens is 1. The lowest BCUT2D eigenvalue weighted by atomic mass is 10.3. The Morgan fingerprint density at radius 3 is 2.50 bits per heavy atom. The zero-order valence-electron chi connectivity index (χ0n) is 5.89. The van der Waals surface area contributed by atoms with Gasteiger partial charge in [-0.15, -0.1) is 0 Å². The highest BCUT2D eigenvalue weighted by Gasteiger charge is 2.13. The first-order valence-electron chi connectivity index (χ1n) is 2.92. The summed E-state index contributed by atoms with van der Waals surface area (Å²) in [6, 6.07) is 1.86. The lowest BCUT2D eigenvalue weighted by Crippen LogP contribution is -2.35. The zero-order valence-corrected chi connectivity index (χ0v) is 7.47. The summed E-state index contributed by atoms with van der Waals surface area (Å²) in [5.41, 5.74) is 0. The molecule has 0 bridgehead atoms. The van der Waals surface area contributed by atoms with Gasteiger partial charge in [0.15, 0.2) is 4.83 Å². The highest BCUT2D eigenvalue weighted by Crippen LogP contribution is 1.96. The number of hydrogen-bond acceptors (Lipinski definition) is 2. The van der Waals surface area contributed by atoms with Crippen molar-refractivity contribution in [3.63, 3.8) is 0 Å². The molecule has 4 heteroatoms. The van der Waals surface area contributed by atoms with Gasteiger partial charge < -0.3 is 5.32 Å². The topological polar surface area (TPSA) is 52.9 Å². The fourth-order valence-electron chi connectivity index (χ4n) is 0.416. The van der Waals surface area contributed by atoms with E-state index in [0.29, 0.717) is 0 Å². The molecule has 0 aromatic rings. The molecule has 1 N–H and O–H groups in total. The molecule has 1 unspecified atom stereocenters. The van der Waals surface area contributed by atoms with Gasteiger partial charge in [-0.3, -0.25) is 4.79 Å². The molecule has 1 atom stereocenters. The lowest BCUT2D eigenvalue weighted by molar-refractivity contribution is -0.120. The first kappa shape index (κ1) is 9.44. The summed E-state index contributed by atoms with van der Waals surface area (Å²) in [6.07, 6.45) is 0. The molecule has 0 aromatic heterocycles. The predicted octanol–water partition coefficient (Wildman–Crippen LogP) is 0.798. The van der Waals surface area contributed by atoms with Gasteiger partial charge in [0.25, 0.3) is 0 Å². The second-order valence-electron chi connectivity index (χ2n) is 2.15. The minimum absolute atomic E-state index is 0.0842. The summed E-state index contributed by atoms with van der Waals surface area (Å²) in [5.74, 6) is -0.280. The molecule has 0 saturated carbocycles. The molecule has 0 saturated heterocycles. The van der Waals surface area contributed by atoms with Crippen molar-refractivity contribution in [2.75, 3.05) is 0 Å². The number of nitrogens with zero attached hydrogens (tertiary/aromatic N) is 1. The summed E-state index contributed by atoms with van der Waals surface area (Å²) >= 11 is 2.90. The van der Waals surface area contributed by atoms with E-state index in [2.05, 4.69) is 21.2 Å². The number of carbonyl (C=O) groups excluding carboxylic acids is 1. The van der Waals surface area contributed by atoms with Crippen molar-refractivity contribution in [1.82, 2.24) is 5.32 Å². The van der Waals surface area contributed by atoms with Crippen LogP contribution in [0.3, 0.4) is 0 Å². The van der Waals surface area contributed by atoms with Gasteiger partial charge in [0, 0.05) is 6.04 Å². The minimum atomic E-state index is -0.727. The van der Waals surface area contributed by atoms with E-state index < -0.39 is 4.83 Å². The highest BCUT2D eigenvalue weighted by atomic mass is 79.9. The summed E-state index contributed by atoms with van der Waals surface area (Å²) in [4.78, 5) is 10.1. The molecule has 0 heterocycles. The molecule has 0 aliphatic carbocycles. The Labute approximate surface area is 68.5 Å². The molecule has 0 radical (unpaired) electrons. The highest BCUT2D eigenvalue weighted by molar-refractivity contribution is 9.10. The predicted molar refractivity (Wildman–Crippen MR) is 41.6 cm³/mol. The van der Waals surface area contributed by atoms with Crippen molar-refractivity contribution in [2.45, 2.75) is 24.7 Å². The Kier molecular flexibility index (Phi) is 4.05. The minimum Gasteiger partial charge on any atom is -0.352 e. The van der Waals surface area contributed by atoms with Crippen LogP contribution < -0.4 is 5.32 Å². The van der Waals surface area contributed by atoms with Crippen LogP contribution in [0.1, 0.15) is 13.8 Å². The third-order valence-corrected chi connectivity index (χ3v) is 1.40. The first-order valence-corrected chi connectivity index (χ1v) is 3.83. The van der Waals surface area contributed by atoms with Gasteiger partial charge in [-0.25, -0.2) is 0 Å². The Morgan fingerprint density at radius 1 is 1.70 bits per heavy atom. The molecule has 0 aromatic carbocycles. The van der Waals surface area contributed by atoms with Crippen LogP contribution in [0.25, 0.3) is 0 Å². The number of alkyl halides is 1. The molecule has 1 amide bonds. The van der Waals surface area contributed by atoms with Crippen molar-refractivity contribution in [3.8, 4) is 6.07 Å². The fraction of sp³-hybridized carbons (Fsp3) is 0.667. The van der Waals surface area contributed by atoms with Gasteiger partial charge in [0.2, 0.25) is 5.91 Å². The van der Waals surface area contributed by atoms with Gasteiger partial charge >= 0.3 is 0 Å². The van der Waals surface area contributed by atoms with Gasteiger partial charge in [-0.2, -0.15) is 5.26 Å². The maximum absolute atomic E-state index is 10.8. The molecular formula is C6H9BrN2O. The smallest absolute Gasteiger partial charge is 0.248 e. The van der Waals surface area contributed by atoms with Gasteiger partial charge in [-0.05, 0) is 13.8 Å². The molecule has 0 rings (SSSR count). The van der Waals surface area contributed by atoms with Crippen molar-refractivity contribution in [3.05, 3.63) is 0 Å². The van der Waals surface area contributed by atoms with E-state index >= 15 is 0 Å². The van der Waals surface area contributed by atoms with Crippen LogP contribution in [-0.2, 0) is 4.79 Å². The second-order valence-corrected chi connectivity index (χ2v) is 3.07. The van der Waals surface area contributed by atoms with E-state index in [1.807, 2.05) is 13.8 Å². The molecule has 0 fully saturated rings. The van der Waals surface area contributed by atoms with E-state index in [4.69, 9.17) is 5.26 Å². The summed E-state index contributed by atoms with van der Waals surface area (Å²) in [5, 5.41) is 10.8. The summed E-state index contributed by atoms with van der Waals surface area (Å²) in [6.45, 7) is 3.68. The van der Waals surface area contributed by atoms with Crippen LogP contribution in [-0.4, -0.2) is 16.8 Å². The maximum atomic E-state index is 10.8. The van der Waals surface area contributed by atoms with E-state index in [-0.39, 0.29) is 11.9 Å². The molecule has 56 valence electrons. The molecule has 0 aliphatic heterocycles. The van der Waals surface area contributed by atoms with Crippen LogP contribution in [0.5, 0.6) is 0 Å². The number of amides is 1. The number of rotatable bonds is 2. The number of hydrogen-bond donors (Lipinski definition) is 1. The summed E-state index contributed by atoms with van der Waals surface area (Å²) in [7, 11) is 0. The van der Waals surface area contributed by atoms with Crippen molar-refractivity contribution in [2.24, 2.45) is 0 Å². The Hall–Kier alpha value is -0.560. The van der Waals surface area contributed by atoms with Crippen LogP contribution in [0.4, 0.5) is 0 Å². The van der Waals surface area contributed by atoms with Crippen molar-refractivity contribution < 1.29 is 4.79 Å². The Morgan fingerprint density at radius 2 is 2.20 bits per heavy atom. The molecule has 3 nitrogen and oxygen atoms in total. The maximum Gasteiger partial charge on any atom is 0.248 e.